The monoisotopic (exact) mass is 254 g/mol. The van der Waals surface area contributed by atoms with Crippen molar-refractivity contribution in [1.82, 2.24) is 0 Å². The number of benzene rings is 2. The number of carbonyl (C=O) groups excluding carboxylic acids is 1. The Kier molecular flexibility index (Phi) is 4.35. The fraction of sp³-hybridized carbons (Fsp3) is 0.235. The highest BCUT2D eigenvalue weighted by Gasteiger charge is 2.15. The summed E-state index contributed by atoms with van der Waals surface area (Å²) in [7, 11) is 0. The van der Waals surface area contributed by atoms with E-state index in [0.717, 1.165) is 11.1 Å². The van der Waals surface area contributed by atoms with Crippen LogP contribution in [-0.4, -0.2) is 5.97 Å². The molecule has 0 aliphatic heterocycles. The topological polar surface area (TPSA) is 26.3 Å². The number of esters is 1. The SMILES string of the molecule is CC(=O)OC(Cc1ccccc1)c1ccc(C)cc1. The van der Waals surface area contributed by atoms with Gasteiger partial charge in [0.1, 0.15) is 6.10 Å². The number of rotatable bonds is 4. The van der Waals surface area contributed by atoms with E-state index >= 15 is 0 Å². The molecule has 2 heteroatoms. The predicted octanol–water partition coefficient (Wildman–Crippen LogP) is 3.84. The lowest BCUT2D eigenvalue weighted by Gasteiger charge is -2.17. The van der Waals surface area contributed by atoms with Gasteiger partial charge >= 0.3 is 5.97 Å². The molecule has 0 aliphatic rings. The molecule has 98 valence electrons. The zero-order chi connectivity index (χ0) is 13.7. The standard InChI is InChI=1S/C17H18O2/c1-13-8-10-16(11-9-13)17(19-14(2)18)12-15-6-4-3-5-7-15/h3-11,17H,12H2,1-2H3. The van der Waals surface area contributed by atoms with Crippen LogP contribution < -0.4 is 0 Å². The van der Waals surface area contributed by atoms with Crippen molar-refractivity contribution in [2.24, 2.45) is 0 Å². The third kappa shape index (κ3) is 3.95. The minimum Gasteiger partial charge on any atom is -0.457 e. The van der Waals surface area contributed by atoms with Crippen molar-refractivity contribution in [1.29, 1.82) is 0 Å². The van der Waals surface area contributed by atoms with E-state index in [4.69, 9.17) is 4.74 Å². The molecular weight excluding hydrogens is 236 g/mol. The molecular formula is C17H18O2. The molecule has 0 aliphatic carbocycles. The number of hydrogen-bond donors (Lipinski definition) is 0. The third-order valence-corrected chi connectivity index (χ3v) is 3.02. The fourth-order valence-electron chi connectivity index (χ4n) is 2.04. The van der Waals surface area contributed by atoms with Gasteiger partial charge in [-0.2, -0.15) is 0 Å². The van der Waals surface area contributed by atoms with Crippen molar-refractivity contribution in [3.8, 4) is 0 Å². The molecule has 2 aromatic rings. The summed E-state index contributed by atoms with van der Waals surface area (Å²) in [6.45, 7) is 3.49. The quantitative estimate of drug-likeness (QED) is 0.775. The van der Waals surface area contributed by atoms with Gasteiger partial charge in [-0.15, -0.1) is 0 Å². The highest BCUT2D eigenvalue weighted by atomic mass is 16.5. The van der Waals surface area contributed by atoms with Crippen LogP contribution in [0.5, 0.6) is 0 Å². The molecule has 0 heterocycles. The summed E-state index contributed by atoms with van der Waals surface area (Å²) >= 11 is 0. The first kappa shape index (κ1) is 13.3. The summed E-state index contributed by atoms with van der Waals surface area (Å²) in [5.41, 5.74) is 3.39. The molecule has 2 nitrogen and oxygen atoms in total. The predicted molar refractivity (Wildman–Crippen MR) is 75.8 cm³/mol. The number of carbonyl (C=O) groups is 1. The Morgan fingerprint density at radius 1 is 1.05 bits per heavy atom. The lowest BCUT2D eigenvalue weighted by atomic mass is 10.0. The normalized spacial score (nSPS) is 11.9. The zero-order valence-electron chi connectivity index (χ0n) is 11.3. The van der Waals surface area contributed by atoms with Gasteiger partial charge in [-0.1, -0.05) is 60.2 Å². The molecule has 0 saturated carbocycles. The molecule has 19 heavy (non-hydrogen) atoms. The largest absolute Gasteiger partial charge is 0.457 e. The second-order valence-corrected chi connectivity index (χ2v) is 4.70. The smallest absolute Gasteiger partial charge is 0.303 e. The van der Waals surface area contributed by atoms with Crippen LogP contribution in [0, 0.1) is 6.92 Å². The van der Waals surface area contributed by atoms with Gasteiger partial charge in [0, 0.05) is 13.3 Å². The Bertz CT molecular complexity index is 529. The van der Waals surface area contributed by atoms with Gasteiger partial charge in [-0.25, -0.2) is 0 Å². The molecule has 0 N–H and O–H groups in total. The molecule has 0 amide bonds. The van der Waals surface area contributed by atoms with Gasteiger partial charge in [0.25, 0.3) is 0 Å². The maximum atomic E-state index is 11.3. The first-order chi connectivity index (χ1) is 9.15. The summed E-state index contributed by atoms with van der Waals surface area (Å²) in [6.07, 6.45) is 0.476. The van der Waals surface area contributed by atoms with Crippen LogP contribution >= 0.6 is 0 Å². The second kappa shape index (κ2) is 6.19. The number of hydrogen-bond acceptors (Lipinski definition) is 2. The number of ether oxygens (including phenoxy) is 1. The van der Waals surface area contributed by atoms with Crippen LogP contribution in [-0.2, 0) is 16.0 Å². The molecule has 1 unspecified atom stereocenters. The van der Waals surface area contributed by atoms with Gasteiger partial charge in [0.2, 0.25) is 0 Å². The Labute approximate surface area is 114 Å². The summed E-state index contributed by atoms with van der Waals surface area (Å²) in [5, 5.41) is 0. The highest BCUT2D eigenvalue weighted by Crippen LogP contribution is 2.23. The van der Waals surface area contributed by atoms with Crippen LogP contribution in [0.3, 0.4) is 0 Å². The number of aryl methyl sites for hydroxylation is 1. The minimum absolute atomic E-state index is 0.222. The van der Waals surface area contributed by atoms with E-state index in [0.29, 0.717) is 6.42 Å². The van der Waals surface area contributed by atoms with Gasteiger partial charge in [-0.05, 0) is 18.1 Å². The molecule has 0 fully saturated rings. The van der Waals surface area contributed by atoms with Gasteiger partial charge < -0.3 is 4.74 Å². The van der Waals surface area contributed by atoms with Crippen molar-refractivity contribution >= 4 is 5.97 Å². The Balaban J connectivity index is 2.20. The Morgan fingerprint density at radius 2 is 1.68 bits per heavy atom. The van der Waals surface area contributed by atoms with Crippen LogP contribution in [0.15, 0.2) is 54.6 Å². The lowest BCUT2D eigenvalue weighted by molar-refractivity contribution is -0.146. The van der Waals surface area contributed by atoms with Crippen LogP contribution in [0.1, 0.15) is 29.7 Å². The second-order valence-electron chi connectivity index (χ2n) is 4.70. The van der Waals surface area contributed by atoms with Crippen LogP contribution in [0.4, 0.5) is 0 Å². The molecule has 0 bridgehead atoms. The molecule has 0 spiro atoms. The Hall–Kier alpha value is -2.09. The maximum absolute atomic E-state index is 11.3. The summed E-state index contributed by atoms with van der Waals surface area (Å²) in [6, 6.07) is 18.2. The van der Waals surface area contributed by atoms with E-state index in [1.54, 1.807) is 0 Å². The Morgan fingerprint density at radius 3 is 2.26 bits per heavy atom. The van der Waals surface area contributed by atoms with Gasteiger partial charge in [0.05, 0.1) is 0 Å². The van der Waals surface area contributed by atoms with Gasteiger partial charge in [0.15, 0.2) is 0 Å². The van der Waals surface area contributed by atoms with Crippen molar-refractivity contribution in [3.05, 3.63) is 71.3 Å². The average Bonchev–Trinajstić information content (AvgIpc) is 2.39. The zero-order valence-corrected chi connectivity index (χ0v) is 11.3. The van der Waals surface area contributed by atoms with E-state index in [1.807, 2.05) is 61.5 Å². The molecule has 1 atom stereocenters. The van der Waals surface area contributed by atoms with Crippen molar-refractivity contribution in [2.75, 3.05) is 0 Å². The van der Waals surface area contributed by atoms with Crippen molar-refractivity contribution in [3.63, 3.8) is 0 Å². The first-order valence-electron chi connectivity index (χ1n) is 6.43. The molecule has 0 aromatic heterocycles. The maximum Gasteiger partial charge on any atom is 0.303 e. The van der Waals surface area contributed by atoms with E-state index in [2.05, 4.69) is 0 Å². The van der Waals surface area contributed by atoms with Gasteiger partial charge in [-0.3, -0.25) is 4.79 Å². The fourth-order valence-corrected chi connectivity index (χ4v) is 2.04. The van der Waals surface area contributed by atoms with E-state index in [9.17, 15) is 4.79 Å². The van der Waals surface area contributed by atoms with Crippen molar-refractivity contribution < 1.29 is 9.53 Å². The first-order valence-corrected chi connectivity index (χ1v) is 6.43. The van der Waals surface area contributed by atoms with E-state index < -0.39 is 0 Å². The third-order valence-electron chi connectivity index (χ3n) is 3.02. The highest BCUT2D eigenvalue weighted by molar-refractivity contribution is 5.66. The summed E-state index contributed by atoms with van der Waals surface area (Å²) < 4.78 is 5.44. The van der Waals surface area contributed by atoms with E-state index in [-0.39, 0.29) is 12.1 Å². The van der Waals surface area contributed by atoms with E-state index in [1.165, 1.54) is 12.5 Å². The minimum atomic E-state index is -0.249. The van der Waals surface area contributed by atoms with Crippen molar-refractivity contribution in [2.45, 2.75) is 26.4 Å². The average molecular weight is 254 g/mol. The van der Waals surface area contributed by atoms with Crippen LogP contribution in [0.2, 0.25) is 0 Å². The lowest BCUT2D eigenvalue weighted by Crippen LogP contribution is -2.11. The molecule has 2 rings (SSSR count). The molecule has 0 saturated heterocycles. The molecule has 2 aromatic carbocycles. The summed E-state index contributed by atoms with van der Waals surface area (Å²) in [5.74, 6) is -0.249. The molecule has 0 radical (unpaired) electrons. The van der Waals surface area contributed by atoms with Crippen LogP contribution in [0.25, 0.3) is 0 Å². The summed E-state index contributed by atoms with van der Waals surface area (Å²) in [4.78, 5) is 11.3.